The summed E-state index contributed by atoms with van der Waals surface area (Å²) in [4.78, 5) is 0. The van der Waals surface area contributed by atoms with Crippen molar-refractivity contribution in [3.63, 3.8) is 0 Å². The van der Waals surface area contributed by atoms with E-state index in [4.69, 9.17) is 16.3 Å². The summed E-state index contributed by atoms with van der Waals surface area (Å²) < 4.78 is 5.76. The average Bonchev–Trinajstić information content (AvgIpc) is 2.16. The van der Waals surface area contributed by atoms with Crippen molar-refractivity contribution in [2.24, 2.45) is 5.41 Å². The Morgan fingerprint density at radius 3 is 2.60 bits per heavy atom. The third-order valence-corrected chi connectivity index (χ3v) is 3.87. The average molecular weight is 292 g/mol. The monoisotopic (exact) mass is 290 g/mol. The molecule has 0 saturated carbocycles. The van der Waals surface area contributed by atoms with Crippen LogP contribution in [-0.4, -0.2) is 11.9 Å². The molecule has 0 aliphatic carbocycles. The van der Waals surface area contributed by atoms with Gasteiger partial charge < -0.3 is 4.74 Å². The van der Waals surface area contributed by atoms with Crippen molar-refractivity contribution in [3.8, 4) is 5.75 Å². The van der Waals surface area contributed by atoms with Crippen molar-refractivity contribution >= 4 is 27.5 Å². The van der Waals surface area contributed by atoms with Crippen molar-refractivity contribution in [2.45, 2.75) is 20.8 Å². The highest BCUT2D eigenvalue weighted by Gasteiger charge is 2.17. The normalized spacial score (nSPS) is 11.5. The van der Waals surface area contributed by atoms with Crippen LogP contribution in [0, 0.1) is 12.3 Å². The molecule has 0 unspecified atom stereocenters. The lowest BCUT2D eigenvalue weighted by atomic mass is 9.98. The maximum atomic E-state index is 5.87. The quantitative estimate of drug-likeness (QED) is 0.745. The van der Waals surface area contributed by atoms with Gasteiger partial charge in [-0.05, 0) is 30.7 Å². The Balaban J connectivity index is 2.66. The molecule has 0 atom stereocenters. The fraction of sp³-hybridized carbons (Fsp3) is 0.500. The van der Waals surface area contributed by atoms with Gasteiger partial charge in [-0.3, -0.25) is 0 Å². The number of benzene rings is 1. The van der Waals surface area contributed by atoms with Crippen LogP contribution in [0.3, 0.4) is 0 Å². The molecule has 0 radical (unpaired) electrons. The van der Waals surface area contributed by atoms with E-state index in [0.717, 1.165) is 21.7 Å². The first-order valence-corrected chi connectivity index (χ1v) is 6.39. The Labute approximate surface area is 105 Å². The second-order valence-electron chi connectivity index (χ2n) is 4.50. The van der Waals surface area contributed by atoms with Crippen LogP contribution in [0.5, 0.6) is 5.75 Å². The summed E-state index contributed by atoms with van der Waals surface area (Å²) in [5, 5.41) is 1.67. The Bertz CT molecular complexity index is 336. The smallest absolute Gasteiger partial charge is 0.122 e. The molecule has 1 aromatic carbocycles. The van der Waals surface area contributed by atoms with Gasteiger partial charge in [0, 0.05) is 15.8 Å². The summed E-state index contributed by atoms with van der Waals surface area (Å²) in [7, 11) is 0. The van der Waals surface area contributed by atoms with Crippen molar-refractivity contribution in [1.29, 1.82) is 0 Å². The molecule has 1 nitrogen and oxygen atoms in total. The highest BCUT2D eigenvalue weighted by molar-refractivity contribution is 9.09. The maximum Gasteiger partial charge on any atom is 0.122 e. The third kappa shape index (κ3) is 4.04. The molecule has 84 valence electrons. The molecule has 0 aliphatic rings. The molecule has 1 aromatic rings. The van der Waals surface area contributed by atoms with E-state index < -0.39 is 0 Å². The predicted octanol–water partition coefficient (Wildman–Crippen LogP) is 4.45. The third-order valence-electron chi connectivity index (χ3n) is 2.12. The van der Waals surface area contributed by atoms with E-state index in [9.17, 15) is 0 Å². The van der Waals surface area contributed by atoms with Crippen molar-refractivity contribution < 1.29 is 4.74 Å². The lowest BCUT2D eigenvalue weighted by Crippen LogP contribution is -2.23. The number of rotatable bonds is 4. The topological polar surface area (TPSA) is 9.23 Å². The van der Waals surface area contributed by atoms with Gasteiger partial charge in [-0.1, -0.05) is 41.4 Å². The van der Waals surface area contributed by atoms with Gasteiger partial charge in [0.25, 0.3) is 0 Å². The van der Waals surface area contributed by atoms with Gasteiger partial charge in [-0.25, -0.2) is 0 Å². The first-order valence-electron chi connectivity index (χ1n) is 4.89. The molecule has 0 fully saturated rings. The molecule has 0 spiro atoms. The van der Waals surface area contributed by atoms with E-state index in [2.05, 4.69) is 29.8 Å². The van der Waals surface area contributed by atoms with Crippen LogP contribution in [0.15, 0.2) is 18.2 Å². The number of hydrogen-bond donors (Lipinski definition) is 0. The zero-order valence-corrected chi connectivity index (χ0v) is 11.7. The number of alkyl halides is 1. The zero-order valence-electron chi connectivity index (χ0n) is 9.31. The van der Waals surface area contributed by atoms with Crippen LogP contribution in [0.4, 0.5) is 0 Å². The molecule has 0 bridgehead atoms. The van der Waals surface area contributed by atoms with Gasteiger partial charge in [0.1, 0.15) is 5.75 Å². The van der Waals surface area contributed by atoms with E-state index >= 15 is 0 Å². The molecule has 15 heavy (non-hydrogen) atoms. The molecule has 0 aromatic heterocycles. The molecule has 0 N–H and O–H groups in total. The van der Waals surface area contributed by atoms with Crippen LogP contribution in [-0.2, 0) is 0 Å². The lowest BCUT2D eigenvalue weighted by Gasteiger charge is -2.22. The molecule has 1 rings (SSSR count). The summed E-state index contributed by atoms with van der Waals surface area (Å²) in [6.07, 6.45) is 0. The fourth-order valence-electron chi connectivity index (χ4n) is 1.09. The summed E-state index contributed by atoms with van der Waals surface area (Å²) in [5.41, 5.74) is 1.22. The second kappa shape index (κ2) is 5.22. The van der Waals surface area contributed by atoms with Gasteiger partial charge in [0.15, 0.2) is 0 Å². The molecule has 0 saturated heterocycles. The first kappa shape index (κ1) is 12.9. The lowest BCUT2D eigenvalue weighted by molar-refractivity contribution is 0.202. The van der Waals surface area contributed by atoms with Crippen LogP contribution in [0.1, 0.15) is 19.4 Å². The number of halogens is 2. The van der Waals surface area contributed by atoms with Gasteiger partial charge in [-0.2, -0.15) is 0 Å². The highest BCUT2D eigenvalue weighted by Crippen LogP contribution is 2.25. The molecule has 0 heterocycles. The highest BCUT2D eigenvalue weighted by atomic mass is 79.9. The molecule has 3 heteroatoms. The van der Waals surface area contributed by atoms with Crippen molar-refractivity contribution in [2.75, 3.05) is 11.9 Å². The summed E-state index contributed by atoms with van der Waals surface area (Å²) in [5.74, 6) is 0.911. The van der Waals surface area contributed by atoms with Crippen LogP contribution < -0.4 is 4.74 Å². The van der Waals surface area contributed by atoms with Gasteiger partial charge in [0.2, 0.25) is 0 Å². The Hall–Kier alpha value is -0.210. The van der Waals surface area contributed by atoms with Crippen LogP contribution in [0.2, 0.25) is 5.02 Å². The SMILES string of the molecule is Cc1cc(Cl)ccc1OCC(C)(C)CBr. The summed E-state index contributed by atoms with van der Waals surface area (Å²) in [6, 6.07) is 5.69. The molecule has 0 aliphatic heterocycles. The largest absolute Gasteiger partial charge is 0.493 e. The standard InChI is InChI=1S/C12H16BrClO/c1-9-6-10(14)4-5-11(9)15-8-12(2,3)7-13/h4-6H,7-8H2,1-3H3. The van der Waals surface area contributed by atoms with Crippen LogP contribution in [0.25, 0.3) is 0 Å². The molecular weight excluding hydrogens is 275 g/mol. The van der Waals surface area contributed by atoms with E-state index in [-0.39, 0.29) is 5.41 Å². The first-order chi connectivity index (χ1) is 6.94. The minimum Gasteiger partial charge on any atom is -0.493 e. The van der Waals surface area contributed by atoms with E-state index in [0.29, 0.717) is 6.61 Å². The minimum atomic E-state index is 0.145. The van der Waals surface area contributed by atoms with E-state index in [1.54, 1.807) is 0 Å². The fourth-order valence-corrected chi connectivity index (χ4v) is 1.47. The predicted molar refractivity (Wildman–Crippen MR) is 69.3 cm³/mol. The summed E-state index contributed by atoms with van der Waals surface area (Å²) >= 11 is 9.34. The molecule has 0 amide bonds. The van der Waals surface area contributed by atoms with Gasteiger partial charge in [-0.15, -0.1) is 0 Å². The number of aryl methyl sites for hydroxylation is 1. The second-order valence-corrected chi connectivity index (χ2v) is 5.49. The number of ether oxygens (including phenoxy) is 1. The van der Waals surface area contributed by atoms with Gasteiger partial charge >= 0.3 is 0 Å². The van der Waals surface area contributed by atoms with E-state index in [1.807, 2.05) is 25.1 Å². The Morgan fingerprint density at radius 2 is 2.07 bits per heavy atom. The van der Waals surface area contributed by atoms with Crippen molar-refractivity contribution in [3.05, 3.63) is 28.8 Å². The molecular formula is C12H16BrClO. The Morgan fingerprint density at radius 1 is 1.40 bits per heavy atom. The van der Waals surface area contributed by atoms with Crippen molar-refractivity contribution in [1.82, 2.24) is 0 Å². The van der Waals surface area contributed by atoms with Crippen LogP contribution >= 0.6 is 27.5 Å². The number of hydrogen-bond acceptors (Lipinski definition) is 1. The maximum absolute atomic E-state index is 5.87. The van der Waals surface area contributed by atoms with Gasteiger partial charge in [0.05, 0.1) is 6.61 Å². The minimum absolute atomic E-state index is 0.145. The van der Waals surface area contributed by atoms with E-state index in [1.165, 1.54) is 0 Å². The summed E-state index contributed by atoms with van der Waals surface area (Å²) in [6.45, 7) is 7.02. The zero-order chi connectivity index (χ0) is 11.5. The Kier molecular flexibility index (Phi) is 4.47.